The van der Waals surface area contributed by atoms with Crippen molar-refractivity contribution in [1.82, 2.24) is 10.2 Å². The molecule has 134 valence electrons. The summed E-state index contributed by atoms with van der Waals surface area (Å²) < 4.78 is 5.59. The van der Waals surface area contributed by atoms with E-state index in [1.54, 1.807) is 18.2 Å². The second kappa shape index (κ2) is 8.35. The van der Waals surface area contributed by atoms with Crippen LogP contribution in [0.4, 0.5) is 15.6 Å². The summed E-state index contributed by atoms with van der Waals surface area (Å²) in [7, 11) is 0. The Kier molecular flexibility index (Phi) is 5.92. The summed E-state index contributed by atoms with van der Waals surface area (Å²) in [4.78, 5) is 12.0. The van der Waals surface area contributed by atoms with E-state index in [4.69, 9.17) is 27.9 Å². The maximum absolute atomic E-state index is 12.0. The maximum Gasteiger partial charge on any atom is 0.325 e. The van der Waals surface area contributed by atoms with Gasteiger partial charge in [0.15, 0.2) is 5.01 Å². The summed E-state index contributed by atoms with van der Waals surface area (Å²) >= 11 is 13.1. The van der Waals surface area contributed by atoms with E-state index in [9.17, 15) is 4.79 Å². The summed E-state index contributed by atoms with van der Waals surface area (Å²) in [5.74, 6) is 0.498. The fourth-order valence-electron chi connectivity index (χ4n) is 1.99. The molecule has 0 spiro atoms. The van der Waals surface area contributed by atoms with Crippen molar-refractivity contribution < 1.29 is 9.53 Å². The zero-order valence-electron chi connectivity index (χ0n) is 13.6. The molecule has 2 aromatic carbocycles. The molecule has 0 fully saturated rings. The molecule has 2 N–H and O–H groups in total. The number of nitrogens with zero attached hydrogens (tertiary/aromatic N) is 2. The smallest absolute Gasteiger partial charge is 0.325 e. The fraction of sp³-hybridized carbons (Fsp3) is 0.118. The minimum Gasteiger partial charge on any atom is -0.485 e. The van der Waals surface area contributed by atoms with Crippen LogP contribution in [0, 0.1) is 6.92 Å². The SMILES string of the molecule is Cc1ccc(NC(=O)Nc2nnc(COc3ccc(Cl)cc3Cl)s2)cc1. The summed E-state index contributed by atoms with van der Waals surface area (Å²) in [5, 5.41) is 15.2. The lowest BCUT2D eigenvalue weighted by atomic mass is 10.2. The molecule has 1 heterocycles. The van der Waals surface area contributed by atoms with Crippen LogP contribution in [0.3, 0.4) is 0 Å². The molecule has 26 heavy (non-hydrogen) atoms. The zero-order valence-corrected chi connectivity index (χ0v) is 16.0. The van der Waals surface area contributed by atoms with Crippen LogP contribution in [-0.4, -0.2) is 16.2 Å². The second-order valence-electron chi connectivity index (χ2n) is 5.31. The Labute approximate surface area is 164 Å². The van der Waals surface area contributed by atoms with E-state index in [1.165, 1.54) is 11.3 Å². The number of benzene rings is 2. The molecule has 0 aliphatic heterocycles. The number of rotatable bonds is 5. The van der Waals surface area contributed by atoms with Gasteiger partial charge < -0.3 is 10.1 Å². The van der Waals surface area contributed by atoms with E-state index in [0.29, 0.717) is 31.6 Å². The molecule has 0 saturated heterocycles. The van der Waals surface area contributed by atoms with Gasteiger partial charge in [-0.3, -0.25) is 5.32 Å². The van der Waals surface area contributed by atoms with Crippen molar-refractivity contribution in [2.24, 2.45) is 0 Å². The van der Waals surface area contributed by atoms with Gasteiger partial charge in [-0.15, -0.1) is 10.2 Å². The summed E-state index contributed by atoms with van der Waals surface area (Å²) in [5.41, 5.74) is 1.81. The first kappa shape index (κ1) is 18.4. The normalized spacial score (nSPS) is 10.4. The van der Waals surface area contributed by atoms with Gasteiger partial charge in [-0.2, -0.15) is 0 Å². The lowest BCUT2D eigenvalue weighted by Crippen LogP contribution is -2.19. The van der Waals surface area contributed by atoms with Gasteiger partial charge in [-0.25, -0.2) is 4.79 Å². The molecule has 1 aromatic heterocycles. The zero-order chi connectivity index (χ0) is 18.5. The number of carbonyl (C=O) groups is 1. The average molecular weight is 409 g/mol. The quantitative estimate of drug-likeness (QED) is 0.594. The number of hydrogen-bond donors (Lipinski definition) is 2. The van der Waals surface area contributed by atoms with Gasteiger partial charge in [0.1, 0.15) is 12.4 Å². The van der Waals surface area contributed by atoms with Crippen LogP contribution in [0.2, 0.25) is 10.0 Å². The molecule has 0 unspecified atom stereocenters. The van der Waals surface area contributed by atoms with Crippen LogP contribution in [0.25, 0.3) is 0 Å². The number of carbonyl (C=O) groups excluding carboxylic acids is 1. The Bertz CT molecular complexity index is 915. The fourth-order valence-corrected chi connectivity index (χ4v) is 3.10. The van der Waals surface area contributed by atoms with Gasteiger partial charge in [0.2, 0.25) is 5.13 Å². The molecular weight excluding hydrogens is 395 g/mol. The van der Waals surface area contributed by atoms with Crippen molar-refractivity contribution in [2.75, 3.05) is 10.6 Å². The van der Waals surface area contributed by atoms with Gasteiger partial charge in [0.05, 0.1) is 5.02 Å². The van der Waals surface area contributed by atoms with Gasteiger partial charge in [0.25, 0.3) is 0 Å². The van der Waals surface area contributed by atoms with E-state index < -0.39 is 6.03 Å². The molecule has 0 saturated carbocycles. The van der Waals surface area contributed by atoms with E-state index in [0.717, 1.165) is 5.56 Å². The van der Waals surface area contributed by atoms with Gasteiger partial charge in [-0.1, -0.05) is 52.2 Å². The van der Waals surface area contributed by atoms with Crippen molar-refractivity contribution in [3.63, 3.8) is 0 Å². The van der Waals surface area contributed by atoms with Crippen LogP contribution >= 0.6 is 34.5 Å². The predicted molar refractivity (Wildman–Crippen MR) is 105 cm³/mol. The first-order chi connectivity index (χ1) is 12.5. The Morgan fingerprint density at radius 2 is 1.88 bits per heavy atom. The number of nitrogens with one attached hydrogen (secondary N) is 2. The van der Waals surface area contributed by atoms with Gasteiger partial charge in [0, 0.05) is 10.7 Å². The topological polar surface area (TPSA) is 76.1 Å². The summed E-state index contributed by atoms with van der Waals surface area (Å²) in [6, 6.07) is 12.1. The number of anilines is 2. The van der Waals surface area contributed by atoms with Crippen molar-refractivity contribution in [3.05, 3.63) is 63.1 Å². The third-order valence-electron chi connectivity index (χ3n) is 3.24. The largest absolute Gasteiger partial charge is 0.485 e. The molecule has 3 rings (SSSR count). The Balaban J connectivity index is 1.54. The highest BCUT2D eigenvalue weighted by molar-refractivity contribution is 7.15. The van der Waals surface area contributed by atoms with Crippen molar-refractivity contribution >= 4 is 51.4 Å². The third-order valence-corrected chi connectivity index (χ3v) is 4.58. The minimum absolute atomic E-state index is 0.181. The first-order valence-corrected chi connectivity index (χ1v) is 9.12. The molecule has 0 atom stereocenters. The Morgan fingerprint density at radius 1 is 1.12 bits per heavy atom. The molecule has 0 aliphatic carbocycles. The van der Waals surface area contributed by atoms with E-state index in [2.05, 4.69) is 20.8 Å². The number of aryl methyl sites for hydroxylation is 1. The highest BCUT2D eigenvalue weighted by Crippen LogP contribution is 2.28. The molecule has 0 aliphatic rings. The molecule has 9 heteroatoms. The van der Waals surface area contributed by atoms with Crippen LogP contribution in [0.5, 0.6) is 5.75 Å². The maximum atomic E-state index is 12.0. The Morgan fingerprint density at radius 3 is 2.62 bits per heavy atom. The average Bonchev–Trinajstić information content (AvgIpc) is 3.03. The number of ether oxygens (including phenoxy) is 1. The van der Waals surface area contributed by atoms with Crippen LogP contribution in [0.1, 0.15) is 10.6 Å². The second-order valence-corrected chi connectivity index (χ2v) is 7.22. The van der Waals surface area contributed by atoms with Crippen molar-refractivity contribution in [2.45, 2.75) is 13.5 Å². The third kappa shape index (κ3) is 5.08. The predicted octanol–water partition coefficient (Wildman–Crippen LogP) is 5.38. The highest BCUT2D eigenvalue weighted by atomic mass is 35.5. The van der Waals surface area contributed by atoms with E-state index in [-0.39, 0.29) is 6.61 Å². The van der Waals surface area contributed by atoms with Crippen LogP contribution < -0.4 is 15.4 Å². The molecule has 2 amide bonds. The monoisotopic (exact) mass is 408 g/mol. The molecule has 0 radical (unpaired) electrons. The van der Waals surface area contributed by atoms with Crippen molar-refractivity contribution in [1.29, 1.82) is 0 Å². The summed E-state index contributed by atoms with van der Waals surface area (Å²) in [6.45, 7) is 2.16. The van der Waals surface area contributed by atoms with Gasteiger partial charge in [-0.05, 0) is 37.3 Å². The summed E-state index contributed by atoms with van der Waals surface area (Å²) in [6.07, 6.45) is 0. The van der Waals surface area contributed by atoms with Crippen LogP contribution in [0.15, 0.2) is 42.5 Å². The van der Waals surface area contributed by atoms with E-state index >= 15 is 0 Å². The number of aromatic nitrogens is 2. The van der Waals surface area contributed by atoms with Crippen molar-refractivity contribution in [3.8, 4) is 5.75 Å². The number of halogens is 2. The molecule has 3 aromatic rings. The van der Waals surface area contributed by atoms with Crippen LogP contribution in [-0.2, 0) is 6.61 Å². The first-order valence-electron chi connectivity index (χ1n) is 7.54. The molecule has 6 nitrogen and oxygen atoms in total. The van der Waals surface area contributed by atoms with Gasteiger partial charge >= 0.3 is 6.03 Å². The number of urea groups is 1. The highest BCUT2D eigenvalue weighted by Gasteiger charge is 2.10. The number of amides is 2. The minimum atomic E-state index is -0.391. The Hall–Kier alpha value is -2.35. The van der Waals surface area contributed by atoms with E-state index in [1.807, 2.05) is 31.2 Å². The molecular formula is C17H14Cl2N4O2S. The lowest BCUT2D eigenvalue weighted by molar-refractivity contribution is 0.262. The lowest BCUT2D eigenvalue weighted by Gasteiger charge is -2.06. The number of hydrogen-bond acceptors (Lipinski definition) is 5. The standard InChI is InChI=1S/C17H14Cl2N4O2S/c1-10-2-5-12(6-3-10)20-16(24)21-17-23-22-15(26-17)9-25-14-7-4-11(18)8-13(14)19/h2-8H,9H2,1H3,(H2,20,21,23,24). The molecule has 0 bridgehead atoms.